The molecule has 2 amide bonds. The third-order valence-electron chi connectivity index (χ3n) is 5.11. The van der Waals surface area contributed by atoms with Crippen molar-refractivity contribution in [2.75, 3.05) is 6.54 Å². The van der Waals surface area contributed by atoms with Crippen LogP contribution in [-0.4, -0.2) is 33.0 Å². The highest BCUT2D eigenvalue weighted by atomic mass is 16.2. The van der Waals surface area contributed by atoms with Crippen molar-refractivity contribution in [3.8, 4) is 0 Å². The lowest BCUT2D eigenvalue weighted by Gasteiger charge is -2.20. The van der Waals surface area contributed by atoms with Gasteiger partial charge in [-0.2, -0.15) is 5.10 Å². The Morgan fingerprint density at radius 2 is 1.79 bits per heavy atom. The molecule has 0 spiro atoms. The van der Waals surface area contributed by atoms with Crippen molar-refractivity contribution in [2.45, 2.75) is 33.0 Å². The van der Waals surface area contributed by atoms with Gasteiger partial charge in [-0.3, -0.25) is 14.3 Å². The molecule has 0 bridgehead atoms. The maximum absolute atomic E-state index is 13.0. The molecule has 0 unspecified atom stereocenters. The number of nitrogens with one attached hydrogen (secondary N) is 1. The second-order valence-corrected chi connectivity index (χ2v) is 7.37. The predicted octanol–water partition coefficient (Wildman–Crippen LogP) is 3.17. The standard InChI is InChI=1S/C23H24N4O2/c1-17-8-10-18(11-9-17)15-24-22(28)20-14-21-23(29)26(12-5-13-27(21)25-20)16-19-6-3-2-4-7-19/h2-4,6-11,14H,5,12-13,15-16H2,1H3,(H,24,28). The van der Waals surface area contributed by atoms with Gasteiger partial charge in [0.2, 0.25) is 0 Å². The topological polar surface area (TPSA) is 67.2 Å². The molecule has 1 N–H and O–H groups in total. The highest BCUT2D eigenvalue weighted by molar-refractivity contribution is 5.98. The van der Waals surface area contributed by atoms with Crippen molar-refractivity contribution < 1.29 is 9.59 Å². The number of aryl methyl sites for hydroxylation is 2. The molecule has 0 radical (unpaired) electrons. The van der Waals surface area contributed by atoms with Crippen LogP contribution in [0.4, 0.5) is 0 Å². The van der Waals surface area contributed by atoms with Gasteiger partial charge in [-0.05, 0) is 24.5 Å². The highest BCUT2D eigenvalue weighted by Gasteiger charge is 2.26. The van der Waals surface area contributed by atoms with Gasteiger partial charge in [0.15, 0.2) is 5.69 Å². The fourth-order valence-electron chi connectivity index (χ4n) is 3.48. The number of fused-ring (bicyclic) bond motifs is 1. The molecule has 2 heterocycles. The van der Waals surface area contributed by atoms with E-state index < -0.39 is 0 Å². The zero-order valence-corrected chi connectivity index (χ0v) is 16.5. The summed E-state index contributed by atoms with van der Waals surface area (Å²) in [6.07, 6.45) is 0.803. The number of nitrogens with zero attached hydrogens (tertiary/aromatic N) is 3. The third kappa shape index (κ3) is 4.37. The molecule has 6 heteroatoms. The second-order valence-electron chi connectivity index (χ2n) is 7.37. The number of carbonyl (C=O) groups excluding carboxylic acids is 2. The fraction of sp³-hybridized carbons (Fsp3) is 0.261. The van der Waals surface area contributed by atoms with Crippen LogP contribution in [0.5, 0.6) is 0 Å². The second kappa shape index (κ2) is 8.31. The first-order valence-electron chi connectivity index (χ1n) is 9.85. The molecule has 0 fully saturated rings. The first-order chi connectivity index (χ1) is 14.1. The minimum Gasteiger partial charge on any atom is -0.347 e. The van der Waals surface area contributed by atoms with E-state index in [1.807, 2.05) is 66.4 Å². The van der Waals surface area contributed by atoms with E-state index in [2.05, 4.69) is 10.4 Å². The molecular weight excluding hydrogens is 364 g/mol. The van der Waals surface area contributed by atoms with Crippen molar-refractivity contribution in [3.05, 3.63) is 88.7 Å². The average Bonchev–Trinajstić information content (AvgIpc) is 3.11. The quantitative estimate of drug-likeness (QED) is 0.730. The molecule has 2 aromatic carbocycles. The van der Waals surface area contributed by atoms with E-state index in [1.165, 1.54) is 5.56 Å². The van der Waals surface area contributed by atoms with Crippen LogP contribution in [0.25, 0.3) is 0 Å². The lowest BCUT2D eigenvalue weighted by atomic mass is 10.1. The van der Waals surface area contributed by atoms with Crippen LogP contribution < -0.4 is 5.32 Å². The molecule has 1 aliphatic rings. The largest absolute Gasteiger partial charge is 0.347 e. The lowest BCUT2D eigenvalue weighted by molar-refractivity contribution is 0.0745. The molecule has 6 nitrogen and oxygen atoms in total. The Hall–Kier alpha value is -3.41. The summed E-state index contributed by atoms with van der Waals surface area (Å²) in [5.74, 6) is -0.356. The summed E-state index contributed by atoms with van der Waals surface area (Å²) >= 11 is 0. The van der Waals surface area contributed by atoms with E-state index in [4.69, 9.17) is 0 Å². The molecule has 3 aromatic rings. The highest BCUT2D eigenvalue weighted by Crippen LogP contribution is 2.17. The van der Waals surface area contributed by atoms with Crippen molar-refractivity contribution >= 4 is 11.8 Å². The molecule has 1 aromatic heterocycles. The molecule has 0 aliphatic carbocycles. The van der Waals surface area contributed by atoms with Crippen LogP contribution in [0.15, 0.2) is 60.7 Å². The number of rotatable bonds is 5. The van der Waals surface area contributed by atoms with Crippen molar-refractivity contribution in [2.24, 2.45) is 0 Å². The van der Waals surface area contributed by atoms with Gasteiger partial charge in [-0.1, -0.05) is 60.2 Å². The monoisotopic (exact) mass is 388 g/mol. The number of carbonyl (C=O) groups is 2. The number of benzene rings is 2. The van der Waals surface area contributed by atoms with Gasteiger partial charge >= 0.3 is 0 Å². The summed E-state index contributed by atoms with van der Waals surface area (Å²) in [6.45, 7) is 4.30. The van der Waals surface area contributed by atoms with Gasteiger partial charge in [-0.15, -0.1) is 0 Å². The van der Waals surface area contributed by atoms with Crippen LogP contribution in [0.3, 0.4) is 0 Å². The molecule has 0 saturated carbocycles. The molecule has 0 saturated heterocycles. The fourth-order valence-corrected chi connectivity index (χ4v) is 3.48. The van der Waals surface area contributed by atoms with E-state index in [0.717, 1.165) is 17.5 Å². The van der Waals surface area contributed by atoms with E-state index in [0.29, 0.717) is 31.9 Å². The maximum atomic E-state index is 13.0. The van der Waals surface area contributed by atoms with Crippen molar-refractivity contribution in [3.63, 3.8) is 0 Å². The van der Waals surface area contributed by atoms with Gasteiger partial charge in [0.05, 0.1) is 0 Å². The normalized spacial score (nSPS) is 13.7. The summed E-state index contributed by atoms with van der Waals surface area (Å²) in [4.78, 5) is 27.4. The van der Waals surface area contributed by atoms with Crippen LogP contribution in [0.2, 0.25) is 0 Å². The van der Waals surface area contributed by atoms with Gasteiger partial charge in [-0.25, -0.2) is 0 Å². The number of hydrogen-bond acceptors (Lipinski definition) is 3. The summed E-state index contributed by atoms with van der Waals surface area (Å²) in [5.41, 5.74) is 4.04. The van der Waals surface area contributed by atoms with Crippen molar-refractivity contribution in [1.29, 1.82) is 0 Å². The van der Waals surface area contributed by atoms with Crippen LogP contribution >= 0.6 is 0 Å². The minimum atomic E-state index is -0.270. The molecule has 4 rings (SSSR count). The van der Waals surface area contributed by atoms with E-state index in [1.54, 1.807) is 10.7 Å². The zero-order valence-electron chi connectivity index (χ0n) is 16.5. The van der Waals surface area contributed by atoms with Crippen LogP contribution in [0.1, 0.15) is 44.1 Å². The smallest absolute Gasteiger partial charge is 0.272 e. The first-order valence-corrected chi connectivity index (χ1v) is 9.85. The summed E-state index contributed by atoms with van der Waals surface area (Å²) in [7, 11) is 0. The van der Waals surface area contributed by atoms with Crippen LogP contribution in [-0.2, 0) is 19.6 Å². The molecular formula is C23H24N4O2. The minimum absolute atomic E-state index is 0.0866. The Balaban J connectivity index is 1.46. The third-order valence-corrected chi connectivity index (χ3v) is 5.11. The molecule has 0 atom stereocenters. The number of amides is 2. The van der Waals surface area contributed by atoms with E-state index in [-0.39, 0.29) is 17.5 Å². The lowest BCUT2D eigenvalue weighted by Crippen LogP contribution is -2.30. The summed E-state index contributed by atoms with van der Waals surface area (Å²) in [5, 5.41) is 7.27. The summed E-state index contributed by atoms with van der Waals surface area (Å²) < 4.78 is 1.66. The van der Waals surface area contributed by atoms with Gasteiger partial charge in [0, 0.05) is 32.2 Å². The zero-order chi connectivity index (χ0) is 20.2. The molecule has 1 aliphatic heterocycles. The van der Waals surface area contributed by atoms with Gasteiger partial charge in [0.25, 0.3) is 11.8 Å². The van der Waals surface area contributed by atoms with E-state index >= 15 is 0 Å². The predicted molar refractivity (Wildman–Crippen MR) is 110 cm³/mol. The summed E-state index contributed by atoms with van der Waals surface area (Å²) in [6, 6.07) is 19.5. The van der Waals surface area contributed by atoms with Gasteiger partial charge in [0.1, 0.15) is 5.69 Å². The van der Waals surface area contributed by atoms with Crippen LogP contribution in [0, 0.1) is 6.92 Å². The Morgan fingerprint density at radius 3 is 2.55 bits per heavy atom. The van der Waals surface area contributed by atoms with E-state index in [9.17, 15) is 9.59 Å². The first kappa shape index (κ1) is 18.9. The number of hydrogen-bond donors (Lipinski definition) is 1. The maximum Gasteiger partial charge on any atom is 0.272 e. The number of aromatic nitrogens is 2. The molecule has 148 valence electrons. The molecule has 29 heavy (non-hydrogen) atoms. The SMILES string of the molecule is Cc1ccc(CNC(=O)c2cc3n(n2)CCCN(Cc2ccccc2)C3=O)cc1. The Bertz CT molecular complexity index is 1010. The average molecular weight is 388 g/mol. The Morgan fingerprint density at radius 1 is 1.03 bits per heavy atom. The van der Waals surface area contributed by atoms with Gasteiger partial charge < -0.3 is 10.2 Å². The Labute approximate surface area is 170 Å². The van der Waals surface area contributed by atoms with Crippen molar-refractivity contribution in [1.82, 2.24) is 20.0 Å². The Kier molecular flexibility index (Phi) is 5.42.